The number of amidine groups is 1. The third-order valence-corrected chi connectivity index (χ3v) is 6.44. The van der Waals surface area contributed by atoms with Crippen LogP contribution in [0.15, 0.2) is 52.5 Å². The highest BCUT2D eigenvalue weighted by atomic mass is 19.4. The molecule has 0 bridgehead atoms. The van der Waals surface area contributed by atoms with E-state index in [4.69, 9.17) is 10.9 Å². The average molecular weight is 507 g/mol. The summed E-state index contributed by atoms with van der Waals surface area (Å²) in [5, 5.41) is 16.0. The van der Waals surface area contributed by atoms with E-state index in [2.05, 4.69) is 15.2 Å². The smallest absolute Gasteiger partial charge is 0.409 e. The SMILES string of the molecule is N/C(=N\O)c1cc(C2CCC(c3c(F)cccc3F)CC2)c(=O)n(Cc2ncccc2C(F)(F)F)n1. The lowest BCUT2D eigenvalue weighted by Gasteiger charge is -2.29. The highest BCUT2D eigenvalue weighted by molar-refractivity contribution is 5.95. The molecule has 1 fully saturated rings. The lowest BCUT2D eigenvalue weighted by molar-refractivity contribution is -0.138. The molecule has 3 aromatic rings. The van der Waals surface area contributed by atoms with Gasteiger partial charge in [-0.05, 0) is 67.9 Å². The molecule has 0 saturated heterocycles. The molecule has 7 nitrogen and oxygen atoms in total. The van der Waals surface area contributed by atoms with Gasteiger partial charge in [0.05, 0.1) is 17.8 Å². The summed E-state index contributed by atoms with van der Waals surface area (Å²) in [6.07, 6.45) is -1.95. The maximum Gasteiger partial charge on any atom is 0.418 e. The van der Waals surface area contributed by atoms with Crippen LogP contribution in [0, 0.1) is 11.6 Å². The number of oxime groups is 1. The van der Waals surface area contributed by atoms with Crippen molar-refractivity contribution in [1.82, 2.24) is 14.8 Å². The Morgan fingerprint density at radius 1 is 1.08 bits per heavy atom. The molecular weight excluding hydrogens is 485 g/mol. The lowest BCUT2D eigenvalue weighted by atomic mass is 9.76. The Bertz CT molecular complexity index is 1330. The molecule has 2 heterocycles. The number of halogens is 5. The second-order valence-corrected chi connectivity index (χ2v) is 8.61. The minimum Gasteiger partial charge on any atom is -0.409 e. The lowest BCUT2D eigenvalue weighted by Crippen LogP contribution is -2.33. The van der Waals surface area contributed by atoms with Crippen LogP contribution in [0.2, 0.25) is 0 Å². The maximum absolute atomic E-state index is 14.2. The van der Waals surface area contributed by atoms with Crippen LogP contribution in [0.5, 0.6) is 0 Å². The van der Waals surface area contributed by atoms with Crippen molar-refractivity contribution < 1.29 is 27.2 Å². The van der Waals surface area contributed by atoms with E-state index in [1.807, 2.05) is 0 Å². The highest BCUT2D eigenvalue weighted by Gasteiger charge is 2.34. The zero-order chi connectivity index (χ0) is 26.0. The van der Waals surface area contributed by atoms with Gasteiger partial charge in [0.2, 0.25) is 0 Å². The van der Waals surface area contributed by atoms with Gasteiger partial charge in [-0.1, -0.05) is 11.2 Å². The molecule has 0 aliphatic heterocycles. The second kappa shape index (κ2) is 10.0. The predicted octanol–water partition coefficient (Wildman–Crippen LogP) is 4.52. The molecule has 36 heavy (non-hydrogen) atoms. The van der Waals surface area contributed by atoms with E-state index in [1.165, 1.54) is 30.5 Å². The molecule has 3 N–H and O–H groups in total. The maximum atomic E-state index is 14.2. The first-order valence-corrected chi connectivity index (χ1v) is 11.1. The summed E-state index contributed by atoms with van der Waals surface area (Å²) in [5.74, 6) is -2.43. The van der Waals surface area contributed by atoms with Crippen molar-refractivity contribution in [3.8, 4) is 0 Å². The van der Waals surface area contributed by atoms with Crippen LogP contribution in [0.25, 0.3) is 0 Å². The monoisotopic (exact) mass is 507 g/mol. The predicted molar refractivity (Wildman–Crippen MR) is 120 cm³/mol. The van der Waals surface area contributed by atoms with Gasteiger partial charge in [0.1, 0.15) is 17.3 Å². The topological polar surface area (TPSA) is 106 Å². The zero-order valence-corrected chi connectivity index (χ0v) is 18.8. The van der Waals surface area contributed by atoms with Gasteiger partial charge in [-0.2, -0.15) is 18.3 Å². The highest BCUT2D eigenvalue weighted by Crippen LogP contribution is 2.41. The molecule has 190 valence electrons. The summed E-state index contributed by atoms with van der Waals surface area (Å²) in [6.45, 7) is -0.593. The standard InChI is InChI=1S/C24H22F5N5O2/c25-17-4-1-5-18(26)21(17)14-8-6-13(7-9-14)15-11-19(22(30)33-36)32-34(23(15)35)12-20-16(24(27,28)29)3-2-10-31-20/h1-5,10-11,13-14,36H,6-9,12H2,(H2,30,33). The fourth-order valence-corrected chi connectivity index (χ4v) is 4.70. The van der Waals surface area contributed by atoms with E-state index in [0.29, 0.717) is 25.7 Å². The molecule has 1 saturated carbocycles. The molecule has 2 aromatic heterocycles. The quantitative estimate of drug-likeness (QED) is 0.174. The van der Waals surface area contributed by atoms with E-state index in [-0.39, 0.29) is 28.7 Å². The molecule has 0 radical (unpaired) electrons. The first-order chi connectivity index (χ1) is 17.1. The Morgan fingerprint density at radius 3 is 2.33 bits per heavy atom. The van der Waals surface area contributed by atoms with Crippen LogP contribution < -0.4 is 11.3 Å². The first kappa shape index (κ1) is 25.3. The number of alkyl halides is 3. The van der Waals surface area contributed by atoms with Gasteiger partial charge in [0, 0.05) is 17.3 Å². The number of rotatable bonds is 5. The number of nitrogens with zero attached hydrogens (tertiary/aromatic N) is 4. The summed E-state index contributed by atoms with van der Waals surface area (Å²) in [5.41, 5.74) is 3.72. The summed E-state index contributed by atoms with van der Waals surface area (Å²) < 4.78 is 69.6. The molecule has 1 aromatic carbocycles. The summed E-state index contributed by atoms with van der Waals surface area (Å²) in [4.78, 5) is 17.1. The minimum atomic E-state index is -4.69. The van der Waals surface area contributed by atoms with Crippen molar-refractivity contribution in [1.29, 1.82) is 0 Å². The van der Waals surface area contributed by atoms with Crippen molar-refractivity contribution in [3.63, 3.8) is 0 Å². The van der Waals surface area contributed by atoms with Gasteiger partial charge in [-0.25, -0.2) is 13.5 Å². The Morgan fingerprint density at radius 2 is 1.72 bits per heavy atom. The van der Waals surface area contributed by atoms with Crippen molar-refractivity contribution in [2.24, 2.45) is 10.9 Å². The van der Waals surface area contributed by atoms with Crippen molar-refractivity contribution in [2.45, 2.75) is 50.2 Å². The second-order valence-electron chi connectivity index (χ2n) is 8.61. The van der Waals surface area contributed by atoms with Crippen LogP contribution in [0.1, 0.15) is 65.6 Å². The Labute approximate surface area is 202 Å². The van der Waals surface area contributed by atoms with E-state index in [1.54, 1.807) is 0 Å². The molecule has 0 amide bonds. The Kier molecular flexibility index (Phi) is 7.04. The van der Waals surface area contributed by atoms with Crippen LogP contribution >= 0.6 is 0 Å². The van der Waals surface area contributed by atoms with Crippen LogP contribution in [-0.4, -0.2) is 25.8 Å². The molecule has 0 atom stereocenters. The number of hydrogen-bond donors (Lipinski definition) is 2. The molecule has 4 rings (SSSR count). The third-order valence-electron chi connectivity index (χ3n) is 6.44. The van der Waals surface area contributed by atoms with E-state index in [9.17, 15) is 26.7 Å². The van der Waals surface area contributed by atoms with Gasteiger partial charge in [0.25, 0.3) is 5.56 Å². The summed E-state index contributed by atoms with van der Waals surface area (Å²) in [6, 6.07) is 7.01. The molecule has 0 spiro atoms. The number of aromatic nitrogens is 3. The average Bonchev–Trinajstić information content (AvgIpc) is 2.85. The molecule has 0 unspecified atom stereocenters. The van der Waals surface area contributed by atoms with Gasteiger partial charge >= 0.3 is 6.18 Å². The number of benzene rings is 1. The number of hydrogen-bond acceptors (Lipinski definition) is 5. The molecule has 1 aliphatic rings. The van der Waals surface area contributed by atoms with Gasteiger partial charge < -0.3 is 10.9 Å². The molecular formula is C24H22F5N5O2. The van der Waals surface area contributed by atoms with Crippen LogP contribution in [-0.2, 0) is 12.7 Å². The summed E-state index contributed by atoms with van der Waals surface area (Å²) in [7, 11) is 0. The largest absolute Gasteiger partial charge is 0.418 e. The van der Waals surface area contributed by atoms with Crippen molar-refractivity contribution >= 4 is 5.84 Å². The number of nitrogens with two attached hydrogens (primary N) is 1. The van der Waals surface area contributed by atoms with Gasteiger partial charge in [-0.3, -0.25) is 9.78 Å². The van der Waals surface area contributed by atoms with Crippen molar-refractivity contribution in [2.75, 3.05) is 0 Å². The fraction of sp³-hybridized carbons (Fsp3) is 0.333. The third kappa shape index (κ3) is 5.07. The van der Waals surface area contributed by atoms with Crippen LogP contribution in [0.4, 0.5) is 22.0 Å². The van der Waals surface area contributed by atoms with E-state index >= 15 is 0 Å². The first-order valence-electron chi connectivity index (χ1n) is 11.1. The van der Waals surface area contributed by atoms with Crippen LogP contribution in [0.3, 0.4) is 0 Å². The zero-order valence-electron chi connectivity index (χ0n) is 18.8. The number of pyridine rings is 1. The summed E-state index contributed by atoms with van der Waals surface area (Å²) >= 11 is 0. The normalized spacial score (nSPS) is 18.9. The minimum absolute atomic E-state index is 0.00951. The van der Waals surface area contributed by atoms with Gasteiger partial charge in [-0.15, -0.1) is 0 Å². The Hall–Kier alpha value is -3.83. The van der Waals surface area contributed by atoms with E-state index in [0.717, 1.165) is 16.8 Å². The van der Waals surface area contributed by atoms with Crippen molar-refractivity contribution in [3.05, 3.63) is 92.7 Å². The van der Waals surface area contributed by atoms with Gasteiger partial charge in [0.15, 0.2) is 5.84 Å². The Balaban J connectivity index is 1.68. The molecule has 12 heteroatoms. The molecule has 1 aliphatic carbocycles. The fourth-order valence-electron chi connectivity index (χ4n) is 4.70. The van der Waals surface area contributed by atoms with E-state index < -0.39 is 47.0 Å².